The summed E-state index contributed by atoms with van der Waals surface area (Å²) < 4.78 is 8.26. The van der Waals surface area contributed by atoms with Crippen LogP contribution >= 0.6 is 15.9 Å². The van der Waals surface area contributed by atoms with Crippen LogP contribution in [0.5, 0.6) is 5.75 Å². The Balaban J connectivity index is 2.07. The van der Waals surface area contributed by atoms with Crippen molar-refractivity contribution in [1.82, 2.24) is 9.78 Å². The van der Waals surface area contributed by atoms with Gasteiger partial charge in [-0.25, -0.2) is 0 Å². The maximum absolute atomic E-state index is 6.32. The number of nitrogens with two attached hydrogens (primary N) is 1. The maximum Gasteiger partial charge on any atom is 0.119 e. The van der Waals surface area contributed by atoms with Crippen LogP contribution in [-0.4, -0.2) is 22.9 Å². The molecule has 21 heavy (non-hydrogen) atoms. The van der Waals surface area contributed by atoms with Crippen LogP contribution in [0.1, 0.15) is 23.9 Å². The van der Waals surface area contributed by atoms with E-state index in [0.29, 0.717) is 0 Å². The van der Waals surface area contributed by atoms with Crippen molar-refractivity contribution in [3.63, 3.8) is 0 Å². The molecule has 0 amide bonds. The Bertz CT molecular complexity index is 610. The van der Waals surface area contributed by atoms with Crippen LogP contribution in [0.3, 0.4) is 0 Å². The molecular weight excluding hydrogens is 330 g/mol. The van der Waals surface area contributed by atoms with Gasteiger partial charge in [0.15, 0.2) is 0 Å². The molecule has 2 aromatic rings. The zero-order valence-electron chi connectivity index (χ0n) is 12.8. The summed E-state index contributed by atoms with van der Waals surface area (Å²) in [5, 5.41) is 4.51. The van der Waals surface area contributed by atoms with E-state index >= 15 is 0 Å². The van der Waals surface area contributed by atoms with E-state index in [4.69, 9.17) is 10.5 Å². The molecule has 1 aromatic carbocycles. The molecule has 0 aliphatic rings. The predicted octanol–water partition coefficient (Wildman–Crippen LogP) is 2.87. The third kappa shape index (κ3) is 3.86. The molecule has 1 aromatic heterocycles. The molecule has 1 atom stereocenters. The SMILES string of the molecule is CCc1nn(C)c(CC(N)Cc2cccc(OC)c2)c1Br. The molecular formula is C16H22BrN3O. The Hall–Kier alpha value is -1.33. The minimum atomic E-state index is 0.0495. The van der Waals surface area contributed by atoms with Crippen LogP contribution < -0.4 is 10.5 Å². The molecule has 0 bridgehead atoms. The third-order valence-electron chi connectivity index (χ3n) is 3.59. The van der Waals surface area contributed by atoms with Crippen molar-refractivity contribution in [2.75, 3.05) is 7.11 Å². The Kier molecular flexibility index (Phi) is 5.42. The molecule has 2 N–H and O–H groups in total. The highest BCUT2D eigenvalue weighted by molar-refractivity contribution is 9.10. The molecule has 0 aliphatic carbocycles. The number of hydrogen-bond donors (Lipinski definition) is 1. The van der Waals surface area contributed by atoms with Crippen molar-refractivity contribution in [1.29, 1.82) is 0 Å². The molecule has 1 unspecified atom stereocenters. The van der Waals surface area contributed by atoms with E-state index in [9.17, 15) is 0 Å². The number of benzene rings is 1. The highest BCUT2D eigenvalue weighted by Crippen LogP contribution is 2.23. The highest BCUT2D eigenvalue weighted by atomic mass is 79.9. The average Bonchev–Trinajstić information content (AvgIpc) is 2.74. The number of rotatable bonds is 6. The molecule has 0 spiro atoms. The van der Waals surface area contributed by atoms with Crippen LogP contribution in [0.4, 0.5) is 0 Å². The minimum absolute atomic E-state index is 0.0495. The third-order valence-corrected chi connectivity index (χ3v) is 4.51. The lowest BCUT2D eigenvalue weighted by molar-refractivity contribution is 0.414. The van der Waals surface area contributed by atoms with Gasteiger partial charge in [-0.15, -0.1) is 0 Å². The second kappa shape index (κ2) is 7.09. The second-order valence-electron chi connectivity index (χ2n) is 5.20. The summed E-state index contributed by atoms with van der Waals surface area (Å²) in [6, 6.07) is 8.11. The lowest BCUT2D eigenvalue weighted by Gasteiger charge is -2.13. The maximum atomic E-state index is 6.32. The Labute approximate surface area is 134 Å². The molecule has 0 saturated carbocycles. The van der Waals surface area contributed by atoms with E-state index in [0.717, 1.165) is 40.9 Å². The van der Waals surface area contributed by atoms with Gasteiger partial charge in [-0.2, -0.15) is 5.10 Å². The number of ether oxygens (including phenoxy) is 1. The fourth-order valence-electron chi connectivity index (χ4n) is 2.46. The zero-order valence-corrected chi connectivity index (χ0v) is 14.4. The quantitative estimate of drug-likeness (QED) is 0.870. The van der Waals surface area contributed by atoms with Crippen molar-refractivity contribution in [2.45, 2.75) is 32.2 Å². The predicted molar refractivity (Wildman–Crippen MR) is 88.7 cm³/mol. The van der Waals surface area contributed by atoms with Crippen molar-refractivity contribution in [3.05, 3.63) is 45.7 Å². The number of aryl methyl sites for hydroxylation is 2. The standard InChI is InChI=1S/C16H22BrN3O/c1-4-14-16(17)15(20(2)19-14)10-12(18)8-11-6-5-7-13(9-11)21-3/h5-7,9,12H,4,8,10,18H2,1-3H3. The fourth-order valence-corrected chi connectivity index (χ4v) is 3.24. The first-order chi connectivity index (χ1) is 10.0. The molecule has 0 saturated heterocycles. The Morgan fingerprint density at radius 3 is 2.76 bits per heavy atom. The van der Waals surface area contributed by atoms with Gasteiger partial charge in [0, 0.05) is 19.5 Å². The monoisotopic (exact) mass is 351 g/mol. The zero-order chi connectivity index (χ0) is 15.4. The van der Waals surface area contributed by atoms with Gasteiger partial charge < -0.3 is 10.5 Å². The molecule has 1 heterocycles. The topological polar surface area (TPSA) is 53.1 Å². The molecule has 2 rings (SSSR count). The normalized spacial score (nSPS) is 12.4. The number of methoxy groups -OCH3 is 1. The number of hydrogen-bond acceptors (Lipinski definition) is 3. The fraction of sp³-hybridized carbons (Fsp3) is 0.438. The van der Waals surface area contributed by atoms with Gasteiger partial charge in [-0.3, -0.25) is 4.68 Å². The van der Waals surface area contributed by atoms with Gasteiger partial charge in [0.2, 0.25) is 0 Å². The van der Waals surface area contributed by atoms with Crippen molar-refractivity contribution >= 4 is 15.9 Å². The van der Waals surface area contributed by atoms with Crippen molar-refractivity contribution in [2.24, 2.45) is 12.8 Å². The van der Waals surface area contributed by atoms with Crippen LogP contribution in [-0.2, 0) is 26.3 Å². The van der Waals surface area contributed by atoms with Gasteiger partial charge >= 0.3 is 0 Å². The average molecular weight is 352 g/mol. The first-order valence-electron chi connectivity index (χ1n) is 7.13. The Morgan fingerprint density at radius 2 is 2.14 bits per heavy atom. The molecule has 114 valence electrons. The number of nitrogens with zero attached hydrogens (tertiary/aromatic N) is 2. The summed E-state index contributed by atoms with van der Waals surface area (Å²) in [5.41, 5.74) is 9.74. The summed E-state index contributed by atoms with van der Waals surface area (Å²) in [6.07, 6.45) is 2.52. The summed E-state index contributed by atoms with van der Waals surface area (Å²) in [5.74, 6) is 0.870. The lowest BCUT2D eigenvalue weighted by atomic mass is 10.0. The second-order valence-corrected chi connectivity index (χ2v) is 6.00. The highest BCUT2D eigenvalue weighted by Gasteiger charge is 2.16. The van der Waals surface area contributed by atoms with Gasteiger partial charge in [0.05, 0.1) is 23.0 Å². The molecule has 0 radical (unpaired) electrons. The van der Waals surface area contributed by atoms with E-state index in [1.165, 1.54) is 5.56 Å². The molecule has 0 fully saturated rings. The van der Waals surface area contributed by atoms with Crippen molar-refractivity contribution in [3.8, 4) is 5.75 Å². The van der Waals surface area contributed by atoms with Gasteiger partial charge in [-0.1, -0.05) is 19.1 Å². The first kappa shape index (κ1) is 16.0. The van der Waals surface area contributed by atoms with Gasteiger partial charge in [0.25, 0.3) is 0 Å². The van der Waals surface area contributed by atoms with Crippen molar-refractivity contribution < 1.29 is 4.74 Å². The molecule has 5 heteroatoms. The summed E-state index contributed by atoms with van der Waals surface area (Å²) in [7, 11) is 3.65. The number of aromatic nitrogens is 2. The Morgan fingerprint density at radius 1 is 1.38 bits per heavy atom. The van der Waals surface area contributed by atoms with Crippen LogP contribution in [0, 0.1) is 0 Å². The largest absolute Gasteiger partial charge is 0.497 e. The summed E-state index contributed by atoms with van der Waals surface area (Å²) >= 11 is 3.64. The van der Waals surface area contributed by atoms with E-state index in [1.54, 1.807) is 7.11 Å². The number of halogens is 1. The minimum Gasteiger partial charge on any atom is -0.497 e. The van der Waals surface area contributed by atoms with Crippen LogP contribution in [0.25, 0.3) is 0 Å². The summed E-state index contributed by atoms with van der Waals surface area (Å²) in [6.45, 7) is 2.10. The van der Waals surface area contributed by atoms with Crippen LogP contribution in [0.2, 0.25) is 0 Å². The van der Waals surface area contributed by atoms with E-state index in [1.807, 2.05) is 29.9 Å². The van der Waals surface area contributed by atoms with E-state index in [2.05, 4.69) is 34.0 Å². The van der Waals surface area contributed by atoms with Gasteiger partial charge in [-0.05, 0) is 46.5 Å². The first-order valence-corrected chi connectivity index (χ1v) is 7.93. The summed E-state index contributed by atoms with van der Waals surface area (Å²) in [4.78, 5) is 0. The smallest absolute Gasteiger partial charge is 0.119 e. The van der Waals surface area contributed by atoms with Gasteiger partial charge in [0.1, 0.15) is 5.75 Å². The van der Waals surface area contributed by atoms with E-state index < -0.39 is 0 Å². The molecule has 0 aliphatic heterocycles. The van der Waals surface area contributed by atoms with Crippen LogP contribution in [0.15, 0.2) is 28.7 Å². The van der Waals surface area contributed by atoms with E-state index in [-0.39, 0.29) is 6.04 Å². The molecule has 4 nitrogen and oxygen atoms in total. The lowest BCUT2D eigenvalue weighted by Crippen LogP contribution is -2.26.